The quantitative estimate of drug-likeness (QED) is 0.475. The molecule has 1 aliphatic carbocycles. The number of sulfonamides is 1. The van der Waals surface area contributed by atoms with E-state index in [1.807, 2.05) is 9.73 Å². The van der Waals surface area contributed by atoms with Crippen molar-refractivity contribution in [1.29, 1.82) is 0 Å². The highest BCUT2D eigenvalue weighted by Gasteiger charge is 2.42. The first-order valence-corrected chi connectivity index (χ1v) is 13.4. The van der Waals surface area contributed by atoms with Gasteiger partial charge in [0.1, 0.15) is 5.82 Å². The number of hydrazone groups is 1. The van der Waals surface area contributed by atoms with E-state index in [4.69, 9.17) is 23.3 Å². The van der Waals surface area contributed by atoms with Gasteiger partial charge >= 0.3 is 0 Å². The molecule has 1 N–H and O–H groups in total. The maximum absolute atomic E-state index is 13.7. The number of carbonyl (C=O) groups is 1. The Morgan fingerprint density at radius 3 is 2.58 bits per heavy atom. The van der Waals surface area contributed by atoms with Gasteiger partial charge in [-0.25, -0.2) is 22.4 Å². The molecule has 1 aliphatic heterocycles. The van der Waals surface area contributed by atoms with Gasteiger partial charge in [-0.15, -0.1) is 0 Å². The Labute approximate surface area is 213 Å². The van der Waals surface area contributed by atoms with Crippen LogP contribution in [0.1, 0.15) is 39.5 Å². The van der Waals surface area contributed by atoms with Gasteiger partial charge in [-0.05, 0) is 60.4 Å². The molecule has 3 aromatic carbocycles. The molecular weight excluding hydrogens is 503 g/mol. The van der Waals surface area contributed by atoms with Gasteiger partial charge in [0.05, 0.1) is 30.3 Å². The van der Waals surface area contributed by atoms with Crippen molar-refractivity contribution in [3.05, 3.63) is 105 Å². The number of carbonyl (C=O) groups excluding carboxylic acids is 1. The molecule has 1 amide bonds. The van der Waals surface area contributed by atoms with Crippen LogP contribution in [0.15, 0.2) is 65.8 Å². The molecule has 2 aliphatic rings. The molecule has 2 atom stereocenters. The highest BCUT2D eigenvalue weighted by atomic mass is 35.5. The lowest BCUT2D eigenvalue weighted by atomic mass is 9.77. The van der Waals surface area contributed by atoms with E-state index in [0.717, 1.165) is 35.1 Å². The van der Waals surface area contributed by atoms with Crippen LogP contribution in [0, 0.1) is 18.3 Å². The number of benzene rings is 3. The zero-order valence-corrected chi connectivity index (χ0v) is 20.6. The molecule has 1 heterocycles. The van der Waals surface area contributed by atoms with Crippen molar-refractivity contribution in [1.82, 2.24) is 4.72 Å². The third-order valence-corrected chi connectivity index (χ3v) is 7.24. The van der Waals surface area contributed by atoms with E-state index in [1.54, 1.807) is 48.5 Å². The average Bonchev–Trinajstić information content (AvgIpc) is 3.23. The van der Waals surface area contributed by atoms with Crippen LogP contribution in [0.25, 0.3) is 4.85 Å². The second-order valence-corrected chi connectivity index (χ2v) is 10.9. The largest absolute Gasteiger partial charge is 0.268 e. The molecule has 0 spiro atoms. The molecule has 10 heteroatoms. The lowest BCUT2D eigenvalue weighted by molar-refractivity contribution is 0.0981. The van der Waals surface area contributed by atoms with Crippen molar-refractivity contribution in [3.8, 4) is 0 Å². The van der Waals surface area contributed by atoms with Gasteiger partial charge in [0.2, 0.25) is 15.7 Å². The number of nitrogens with one attached hydrogen (secondary N) is 1. The Balaban J connectivity index is 1.58. The third-order valence-electron chi connectivity index (χ3n) is 6.39. The molecule has 0 saturated carbocycles. The van der Waals surface area contributed by atoms with Gasteiger partial charge in [-0.1, -0.05) is 35.9 Å². The van der Waals surface area contributed by atoms with Crippen molar-refractivity contribution in [3.63, 3.8) is 0 Å². The molecule has 5 rings (SSSR count). The fourth-order valence-electron chi connectivity index (χ4n) is 4.83. The minimum absolute atomic E-state index is 0.0158. The number of halogens is 2. The Bertz CT molecular complexity index is 1560. The molecule has 7 nitrogen and oxygen atoms in total. The summed E-state index contributed by atoms with van der Waals surface area (Å²) in [6.07, 6.45) is 2.31. The van der Waals surface area contributed by atoms with E-state index in [1.165, 1.54) is 12.1 Å². The summed E-state index contributed by atoms with van der Waals surface area (Å²) < 4.78 is 38.7. The number of rotatable bonds is 4. The summed E-state index contributed by atoms with van der Waals surface area (Å²) in [5, 5.41) is 7.13. The van der Waals surface area contributed by atoms with Gasteiger partial charge in [0.25, 0.3) is 5.91 Å². The number of nitrogens with zero attached hydrogens (tertiary/aromatic N) is 3. The lowest BCUT2D eigenvalue weighted by Gasteiger charge is -2.31. The Morgan fingerprint density at radius 2 is 1.92 bits per heavy atom. The maximum atomic E-state index is 13.7. The number of anilines is 1. The van der Waals surface area contributed by atoms with Crippen LogP contribution >= 0.6 is 11.6 Å². The van der Waals surface area contributed by atoms with Crippen molar-refractivity contribution in [2.45, 2.75) is 18.9 Å². The Morgan fingerprint density at radius 1 is 1.17 bits per heavy atom. The molecule has 0 saturated heterocycles. The summed E-state index contributed by atoms with van der Waals surface area (Å²) in [5.41, 5.74) is 4.78. The summed E-state index contributed by atoms with van der Waals surface area (Å²) in [5.74, 6) is -1.03. The second kappa shape index (κ2) is 9.04. The van der Waals surface area contributed by atoms with Gasteiger partial charge in [-0.2, -0.15) is 5.10 Å². The van der Waals surface area contributed by atoms with Crippen molar-refractivity contribution < 1.29 is 17.6 Å². The van der Waals surface area contributed by atoms with E-state index in [-0.39, 0.29) is 23.3 Å². The molecule has 36 heavy (non-hydrogen) atoms. The second-order valence-electron chi connectivity index (χ2n) is 8.79. The summed E-state index contributed by atoms with van der Waals surface area (Å²) in [6, 6.07) is 16.3. The molecule has 0 bridgehead atoms. The number of hydrogen-bond donors (Lipinski definition) is 1. The first-order chi connectivity index (χ1) is 17.1. The predicted molar refractivity (Wildman–Crippen MR) is 136 cm³/mol. The standard InChI is InChI=1S/C26H20ClFN4O3S/c1-29-23-12-9-19(14-22(23)27)32-25(15-3-7-18(28)8-4-15)21-11-5-16-13-17(26(33)31-36(2,34)35)6-10-20(16)24(21)30-32/h3-4,6-10,12-14,21,25H,5,11H2,2H3,(H,31,33)/t21-,25-/m0/s1. The van der Waals surface area contributed by atoms with Crippen LogP contribution in [0.4, 0.5) is 15.8 Å². The number of fused-ring (bicyclic) bond motifs is 3. The van der Waals surface area contributed by atoms with Crippen LogP contribution < -0.4 is 9.73 Å². The van der Waals surface area contributed by atoms with Gasteiger partial charge in [0, 0.05) is 22.1 Å². The predicted octanol–water partition coefficient (Wildman–Crippen LogP) is 5.25. The SMILES string of the molecule is [C-]#[N+]c1ccc(N2N=C3c4ccc(C(=O)NS(C)(=O)=O)cc4CC[C@@H]3[C@@H]2c2ccc(F)cc2)cc1Cl. The molecule has 0 fully saturated rings. The van der Waals surface area contributed by atoms with E-state index in [0.29, 0.717) is 22.8 Å². The average molecular weight is 523 g/mol. The topological polar surface area (TPSA) is 83.2 Å². The van der Waals surface area contributed by atoms with Crippen molar-refractivity contribution in [2.75, 3.05) is 11.3 Å². The monoisotopic (exact) mass is 522 g/mol. The van der Waals surface area contributed by atoms with E-state index < -0.39 is 15.9 Å². The van der Waals surface area contributed by atoms with Gasteiger partial charge in [0.15, 0.2) is 0 Å². The third kappa shape index (κ3) is 4.45. The van der Waals surface area contributed by atoms with Crippen LogP contribution in [0.5, 0.6) is 0 Å². The summed E-state index contributed by atoms with van der Waals surface area (Å²) >= 11 is 6.33. The minimum atomic E-state index is -3.68. The van der Waals surface area contributed by atoms with Crippen molar-refractivity contribution in [2.24, 2.45) is 11.0 Å². The van der Waals surface area contributed by atoms with E-state index in [9.17, 15) is 17.6 Å². The van der Waals surface area contributed by atoms with Crippen LogP contribution in [0.2, 0.25) is 5.02 Å². The van der Waals surface area contributed by atoms with Gasteiger partial charge in [-0.3, -0.25) is 9.80 Å². The summed E-state index contributed by atoms with van der Waals surface area (Å²) in [4.78, 5) is 15.8. The van der Waals surface area contributed by atoms with Gasteiger partial charge < -0.3 is 0 Å². The fourth-order valence-corrected chi connectivity index (χ4v) is 5.50. The van der Waals surface area contributed by atoms with E-state index in [2.05, 4.69) is 4.85 Å². The van der Waals surface area contributed by atoms with Crippen LogP contribution in [-0.4, -0.2) is 26.3 Å². The molecule has 0 unspecified atom stereocenters. The minimum Gasteiger partial charge on any atom is -0.268 e. The molecule has 0 radical (unpaired) electrons. The number of amides is 1. The summed E-state index contributed by atoms with van der Waals surface area (Å²) in [7, 11) is -3.68. The first-order valence-electron chi connectivity index (χ1n) is 11.1. The number of aryl methyl sites for hydroxylation is 1. The lowest BCUT2D eigenvalue weighted by Crippen LogP contribution is -2.30. The normalized spacial score (nSPS) is 18.6. The molecule has 3 aromatic rings. The highest BCUT2D eigenvalue weighted by molar-refractivity contribution is 7.89. The number of hydrogen-bond acceptors (Lipinski definition) is 5. The zero-order chi connectivity index (χ0) is 25.6. The smallest absolute Gasteiger partial charge is 0.264 e. The molecule has 182 valence electrons. The Kier molecular flexibility index (Phi) is 6.02. The van der Waals surface area contributed by atoms with Crippen molar-refractivity contribution >= 4 is 44.6 Å². The molecule has 0 aromatic heterocycles. The van der Waals surface area contributed by atoms with Crippen LogP contribution in [-0.2, 0) is 16.4 Å². The maximum Gasteiger partial charge on any atom is 0.264 e. The Hall–Kier alpha value is -3.74. The highest BCUT2D eigenvalue weighted by Crippen LogP contribution is 2.46. The summed E-state index contributed by atoms with van der Waals surface area (Å²) in [6.45, 7) is 7.27. The fraction of sp³-hybridized carbons (Fsp3) is 0.192. The van der Waals surface area contributed by atoms with Crippen LogP contribution in [0.3, 0.4) is 0 Å². The van der Waals surface area contributed by atoms with E-state index >= 15 is 0 Å². The first kappa shape index (κ1) is 24.0. The molecular formula is C26H20ClFN4O3S. The zero-order valence-electron chi connectivity index (χ0n) is 19.1.